The topological polar surface area (TPSA) is 148 Å². The van der Waals surface area contributed by atoms with Gasteiger partial charge in [-0.25, -0.2) is 14.6 Å². The number of rotatable bonds is 13. The molecule has 0 spiro atoms. The Kier molecular flexibility index (Phi) is 12.1. The van der Waals surface area contributed by atoms with Crippen LogP contribution in [0.3, 0.4) is 0 Å². The van der Waals surface area contributed by atoms with E-state index in [1.165, 1.54) is 13.4 Å². The maximum atomic E-state index is 12.9. The predicted molar refractivity (Wildman–Crippen MR) is 193 cm³/mol. The number of nitrogens with zero attached hydrogens (tertiary/aromatic N) is 2. The van der Waals surface area contributed by atoms with Crippen LogP contribution in [0.1, 0.15) is 47.1 Å². The van der Waals surface area contributed by atoms with Crippen molar-refractivity contribution in [1.29, 1.82) is 0 Å². The van der Waals surface area contributed by atoms with Gasteiger partial charge in [-0.2, -0.15) is 5.10 Å². The lowest BCUT2D eigenvalue weighted by molar-refractivity contribution is -0.268. The monoisotopic (exact) mass is 707 g/mol. The summed E-state index contributed by atoms with van der Waals surface area (Å²) in [5.41, 5.74) is 6.46. The fourth-order valence-electron chi connectivity index (χ4n) is 6.04. The van der Waals surface area contributed by atoms with Gasteiger partial charge in [0.2, 0.25) is 0 Å². The minimum absolute atomic E-state index is 0.0224. The average molecular weight is 708 g/mol. The summed E-state index contributed by atoms with van der Waals surface area (Å²) in [6.45, 7) is 2.36. The van der Waals surface area contributed by atoms with Crippen LogP contribution in [0.5, 0.6) is 0 Å². The summed E-state index contributed by atoms with van der Waals surface area (Å²) >= 11 is 1.55. The fourth-order valence-corrected chi connectivity index (χ4v) is 6.98. The second-order valence-corrected chi connectivity index (χ2v) is 13.4. The van der Waals surface area contributed by atoms with E-state index in [-0.39, 0.29) is 31.3 Å². The minimum Gasteiger partial charge on any atom is -0.467 e. The van der Waals surface area contributed by atoms with Crippen molar-refractivity contribution >= 4 is 23.8 Å². The number of H-pyrrole nitrogens is 1. The number of esters is 1. The summed E-state index contributed by atoms with van der Waals surface area (Å²) in [7, 11) is 1.31. The van der Waals surface area contributed by atoms with Gasteiger partial charge in [-0.15, -0.1) is 0 Å². The largest absolute Gasteiger partial charge is 0.467 e. The first-order valence-electron chi connectivity index (χ1n) is 16.7. The Morgan fingerprint density at radius 3 is 2.37 bits per heavy atom. The predicted octanol–water partition coefficient (Wildman–Crippen LogP) is 6.13. The molecule has 1 saturated heterocycles. The summed E-state index contributed by atoms with van der Waals surface area (Å²) in [5, 5.41) is 22.8. The number of methoxy groups -OCH3 is 1. The van der Waals surface area contributed by atoms with E-state index in [0.29, 0.717) is 12.2 Å². The number of aromatic amines is 1. The highest BCUT2D eigenvalue weighted by molar-refractivity contribution is 7.99. The highest BCUT2D eigenvalue weighted by Gasteiger charge is 2.38. The molecule has 5 aromatic rings. The van der Waals surface area contributed by atoms with Crippen LogP contribution in [-0.4, -0.2) is 57.3 Å². The zero-order chi connectivity index (χ0) is 35.6. The van der Waals surface area contributed by atoms with Crippen molar-refractivity contribution < 1.29 is 28.9 Å². The maximum Gasteiger partial charge on any atom is 0.328 e. The molecule has 4 aromatic carbocycles. The molecule has 0 bridgehead atoms. The molecule has 5 atom stereocenters. The summed E-state index contributed by atoms with van der Waals surface area (Å²) in [6.07, 6.45) is 0.780. The number of hydrogen-bond donors (Lipinski definition) is 4. The first kappa shape index (κ1) is 35.8. The Bertz CT molecular complexity index is 1880. The zero-order valence-corrected chi connectivity index (χ0v) is 29.2. The Hall–Kier alpha value is -5.01. The highest BCUT2D eigenvalue weighted by atomic mass is 32.2. The molecule has 1 aliphatic heterocycles. The van der Waals surface area contributed by atoms with Crippen LogP contribution in [0.15, 0.2) is 115 Å². The van der Waals surface area contributed by atoms with Gasteiger partial charge in [-0.05, 0) is 45.5 Å². The number of hydrogen-bond acceptors (Lipinski definition) is 9. The lowest BCUT2D eigenvalue weighted by Gasteiger charge is -2.41. The Morgan fingerprint density at radius 1 is 0.902 bits per heavy atom. The molecule has 1 fully saturated rings. The van der Waals surface area contributed by atoms with Gasteiger partial charge in [0.1, 0.15) is 12.4 Å². The molecule has 1 aromatic heterocycles. The van der Waals surface area contributed by atoms with Gasteiger partial charge in [0.15, 0.2) is 11.4 Å². The van der Waals surface area contributed by atoms with Crippen molar-refractivity contribution in [3.8, 4) is 11.1 Å². The first-order valence-corrected chi connectivity index (χ1v) is 17.7. The molecule has 6 rings (SSSR count). The van der Waals surface area contributed by atoms with Crippen LogP contribution in [0.25, 0.3) is 11.1 Å². The van der Waals surface area contributed by atoms with E-state index >= 15 is 0 Å². The molecule has 0 saturated carbocycles. The van der Waals surface area contributed by atoms with Crippen LogP contribution in [0, 0.1) is 5.92 Å². The van der Waals surface area contributed by atoms with Gasteiger partial charge in [0, 0.05) is 30.2 Å². The van der Waals surface area contributed by atoms with Crippen molar-refractivity contribution in [3.05, 3.63) is 137 Å². The van der Waals surface area contributed by atoms with Crippen molar-refractivity contribution in [2.75, 3.05) is 12.9 Å². The first-order chi connectivity index (χ1) is 24.9. The van der Waals surface area contributed by atoms with Gasteiger partial charge in [0.25, 0.3) is 0 Å². The Morgan fingerprint density at radius 2 is 1.65 bits per heavy atom. The molecule has 0 radical (unpaired) electrons. The molecule has 11 nitrogen and oxygen atoms in total. The summed E-state index contributed by atoms with van der Waals surface area (Å²) in [6, 6.07) is 32.0. The van der Waals surface area contributed by atoms with E-state index in [4.69, 9.17) is 14.2 Å². The smallest absolute Gasteiger partial charge is 0.328 e. The molecule has 2 heterocycles. The summed E-state index contributed by atoms with van der Waals surface area (Å²) in [4.78, 5) is 29.5. The third-order valence-electron chi connectivity index (χ3n) is 8.85. The summed E-state index contributed by atoms with van der Waals surface area (Å²) in [5.74, 6) is 0.167. The molecule has 51 heavy (non-hydrogen) atoms. The SMILES string of the molecule is COC(=O)[C@H](Cc1ccccc1)NC(=O)NCc1cccc(-c2cccc([C@@H]3O[C@H](CSc4ncn[nH]4)[C@H](C)[C@H](c4ccc(CO)cc4)O3)c2)c1. The van der Waals surface area contributed by atoms with Crippen molar-refractivity contribution in [2.24, 2.45) is 5.92 Å². The van der Waals surface area contributed by atoms with Gasteiger partial charge < -0.3 is 30.0 Å². The average Bonchev–Trinajstić information content (AvgIpc) is 3.71. The molecule has 0 aliphatic carbocycles. The second-order valence-electron chi connectivity index (χ2n) is 12.3. The van der Waals surface area contributed by atoms with E-state index in [9.17, 15) is 14.7 Å². The molecule has 1 aliphatic rings. The number of nitrogens with one attached hydrogen (secondary N) is 3. The number of aromatic nitrogens is 3. The lowest BCUT2D eigenvalue weighted by atomic mass is 9.91. The van der Waals surface area contributed by atoms with Crippen LogP contribution in [0.2, 0.25) is 0 Å². The standard InChI is InChI=1S/C39H41N5O6S/c1-25-34(23-51-39-41-24-42-44-39)49-37(50-35(25)29-16-14-27(22-45)15-17-29)32-13-7-12-31(20-32)30-11-6-10-28(18-30)21-40-38(47)43-33(36(46)48-2)19-26-8-4-3-5-9-26/h3-18,20,24-25,33-35,37,45H,19,21-23H2,1-2H3,(H2,40,43,47)(H,41,42,44)/t25-,33-,34+,35+,37+/m0/s1. The molecular formula is C39H41N5O6S. The van der Waals surface area contributed by atoms with Gasteiger partial charge >= 0.3 is 12.0 Å². The molecule has 4 N–H and O–H groups in total. The van der Waals surface area contributed by atoms with Crippen LogP contribution in [0.4, 0.5) is 4.79 Å². The normalized spacial score (nSPS) is 19.2. The number of carbonyl (C=O) groups excluding carboxylic acids is 2. The third-order valence-corrected chi connectivity index (χ3v) is 9.81. The number of ether oxygens (including phenoxy) is 3. The molecule has 2 amide bonds. The number of carbonyl (C=O) groups is 2. The molecule has 12 heteroatoms. The Labute approximate surface area is 301 Å². The maximum absolute atomic E-state index is 12.9. The minimum atomic E-state index is -0.821. The van der Waals surface area contributed by atoms with E-state index in [0.717, 1.165) is 44.1 Å². The van der Waals surface area contributed by atoms with E-state index in [2.05, 4.69) is 38.8 Å². The van der Waals surface area contributed by atoms with Crippen LogP contribution >= 0.6 is 11.8 Å². The van der Waals surface area contributed by atoms with Crippen molar-refractivity contribution in [3.63, 3.8) is 0 Å². The third kappa shape index (κ3) is 9.41. The molecule has 264 valence electrons. The van der Waals surface area contributed by atoms with E-state index < -0.39 is 24.3 Å². The number of amides is 2. The Balaban J connectivity index is 1.15. The van der Waals surface area contributed by atoms with Gasteiger partial charge in [-0.3, -0.25) is 5.10 Å². The highest BCUT2D eigenvalue weighted by Crippen LogP contribution is 2.43. The fraction of sp³-hybridized carbons (Fsp3) is 0.282. The zero-order valence-electron chi connectivity index (χ0n) is 28.4. The number of aliphatic hydroxyl groups is 1. The van der Waals surface area contributed by atoms with Gasteiger partial charge in [-0.1, -0.05) is 110 Å². The van der Waals surface area contributed by atoms with E-state index in [1.807, 2.05) is 97.1 Å². The van der Waals surface area contributed by atoms with E-state index in [1.54, 1.807) is 11.8 Å². The number of benzene rings is 4. The van der Waals surface area contributed by atoms with Crippen LogP contribution < -0.4 is 10.6 Å². The molecular weight excluding hydrogens is 667 g/mol. The lowest BCUT2D eigenvalue weighted by Crippen LogP contribution is -2.47. The number of thioether (sulfide) groups is 1. The number of aliphatic hydroxyl groups excluding tert-OH is 1. The quantitative estimate of drug-likeness (QED) is 0.0838. The second kappa shape index (κ2) is 17.3. The van der Waals surface area contributed by atoms with Gasteiger partial charge in [0.05, 0.1) is 25.9 Å². The summed E-state index contributed by atoms with van der Waals surface area (Å²) < 4.78 is 18.2. The van der Waals surface area contributed by atoms with Crippen LogP contribution in [-0.2, 0) is 38.6 Å². The molecule has 0 unspecified atom stereocenters. The van der Waals surface area contributed by atoms with Crippen molar-refractivity contribution in [1.82, 2.24) is 25.8 Å². The number of urea groups is 1. The van der Waals surface area contributed by atoms with Crippen molar-refractivity contribution in [2.45, 2.75) is 56.2 Å².